The maximum absolute atomic E-state index is 8.82. The van der Waals surface area contributed by atoms with Crippen molar-refractivity contribution in [3.8, 4) is 6.07 Å². The highest BCUT2D eigenvalue weighted by Crippen LogP contribution is 2.24. The van der Waals surface area contributed by atoms with E-state index >= 15 is 0 Å². The van der Waals surface area contributed by atoms with Crippen molar-refractivity contribution in [3.63, 3.8) is 0 Å². The van der Waals surface area contributed by atoms with Crippen molar-refractivity contribution in [3.05, 3.63) is 56.3 Å². The van der Waals surface area contributed by atoms with Gasteiger partial charge >= 0.3 is 0 Å². The first-order valence-corrected chi connectivity index (χ1v) is 5.26. The van der Waals surface area contributed by atoms with Crippen LogP contribution in [0.1, 0.15) is 23.6 Å². The van der Waals surface area contributed by atoms with Gasteiger partial charge in [-0.15, -0.1) is 0 Å². The van der Waals surface area contributed by atoms with Gasteiger partial charge in [0.15, 0.2) is 0 Å². The summed E-state index contributed by atoms with van der Waals surface area (Å²) in [6.07, 6.45) is 0.174. The number of benzene rings is 1. The lowest BCUT2D eigenvalue weighted by molar-refractivity contribution is 0.602. The smallest absolute Gasteiger partial charge is 0.125 e. The van der Waals surface area contributed by atoms with Crippen molar-refractivity contribution in [2.24, 2.45) is 10.2 Å². The normalized spacial score (nSPS) is 12.4. The molecule has 1 aromatic carbocycles. The molecule has 0 fully saturated rings. The Balaban J connectivity index is 2.96. The molecule has 0 saturated heterocycles. The second-order valence-electron chi connectivity index (χ2n) is 3.72. The summed E-state index contributed by atoms with van der Waals surface area (Å²) in [5.41, 5.74) is 18.7. The highest BCUT2D eigenvalue weighted by molar-refractivity contribution is 5.24. The molecule has 7 heteroatoms. The van der Waals surface area contributed by atoms with Crippen LogP contribution in [-0.4, -0.2) is 6.04 Å². The molecule has 90 valence electrons. The van der Waals surface area contributed by atoms with Crippen LogP contribution in [0.4, 0.5) is 0 Å². The van der Waals surface area contributed by atoms with Gasteiger partial charge in [0.1, 0.15) is 6.04 Å². The van der Waals surface area contributed by atoms with E-state index in [1.165, 1.54) is 0 Å². The molecule has 0 bridgehead atoms. The molecular formula is C11H11N7. The Morgan fingerprint density at radius 3 is 2.33 bits per heavy atom. The van der Waals surface area contributed by atoms with Crippen molar-refractivity contribution in [2.75, 3.05) is 0 Å². The zero-order chi connectivity index (χ0) is 13.4. The molecule has 0 N–H and O–H groups in total. The van der Waals surface area contributed by atoms with E-state index in [-0.39, 0.29) is 6.42 Å². The number of hydrogen-bond donors (Lipinski definition) is 0. The summed E-state index contributed by atoms with van der Waals surface area (Å²) in [6, 6.07) is 7.97. The number of hydrogen-bond acceptors (Lipinski definition) is 3. The minimum atomic E-state index is -0.841. The summed E-state index contributed by atoms with van der Waals surface area (Å²) in [6.45, 7) is 1.95. The van der Waals surface area contributed by atoms with Gasteiger partial charge in [-0.2, -0.15) is 5.26 Å². The van der Waals surface area contributed by atoms with E-state index < -0.39 is 12.1 Å². The van der Waals surface area contributed by atoms with Crippen LogP contribution in [0, 0.1) is 18.3 Å². The van der Waals surface area contributed by atoms with Gasteiger partial charge in [-0.1, -0.05) is 40.1 Å². The van der Waals surface area contributed by atoms with E-state index in [1.807, 2.05) is 37.3 Å². The number of azide groups is 2. The predicted molar refractivity (Wildman–Crippen MR) is 66.2 cm³/mol. The van der Waals surface area contributed by atoms with Gasteiger partial charge in [0.05, 0.1) is 12.1 Å². The Kier molecular flexibility index (Phi) is 5.07. The third kappa shape index (κ3) is 3.72. The maximum Gasteiger partial charge on any atom is 0.125 e. The Morgan fingerprint density at radius 1 is 1.22 bits per heavy atom. The molecule has 0 aliphatic carbocycles. The third-order valence-corrected chi connectivity index (χ3v) is 2.44. The Hall–Kier alpha value is -2.67. The molecule has 0 saturated carbocycles. The molecule has 0 aliphatic heterocycles. The molecule has 0 heterocycles. The fourth-order valence-corrected chi connectivity index (χ4v) is 1.50. The monoisotopic (exact) mass is 241 g/mol. The SMILES string of the molecule is Cc1ccc(C(CC(C#N)N=[N+]=[N-])N=[N+]=[N-])cc1. The second kappa shape index (κ2) is 6.81. The van der Waals surface area contributed by atoms with Gasteiger partial charge in [-0.3, -0.25) is 0 Å². The molecule has 1 aromatic rings. The van der Waals surface area contributed by atoms with Gasteiger partial charge < -0.3 is 0 Å². The summed E-state index contributed by atoms with van der Waals surface area (Å²) in [7, 11) is 0. The quantitative estimate of drug-likeness (QED) is 0.432. The summed E-state index contributed by atoms with van der Waals surface area (Å²) >= 11 is 0. The zero-order valence-electron chi connectivity index (χ0n) is 9.80. The standard InChI is InChI=1S/C11H11N7/c1-8-2-4-9(5-3-8)11(16-18-14)6-10(7-12)15-17-13/h2-5,10-11H,6H2,1H3. The molecule has 0 radical (unpaired) electrons. The van der Waals surface area contributed by atoms with Crippen LogP contribution in [0.25, 0.3) is 20.9 Å². The van der Waals surface area contributed by atoms with Crippen molar-refractivity contribution < 1.29 is 0 Å². The molecular weight excluding hydrogens is 230 g/mol. The summed E-state index contributed by atoms with van der Waals surface area (Å²) < 4.78 is 0. The Labute approximate surface area is 104 Å². The number of aryl methyl sites for hydroxylation is 1. The summed E-state index contributed by atoms with van der Waals surface area (Å²) in [5, 5.41) is 15.8. The van der Waals surface area contributed by atoms with Crippen molar-refractivity contribution >= 4 is 0 Å². The van der Waals surface area contributed by atoms with Gasteiger partial charge in [-0.05, 0) is 30.0 Å². The van der Waals surface area contributed by atoms with Crippen LogP contribution in [0.2, 0.25) is 0 Å². The Bertz CT molecular complexity index is 530. The highest BCUT2D eigenvalue weighted by atomic mass is 15.2. The van der Waals surface area contributed by atoms with E-state index in [1.54, 1.807) is 0 Å². The zero-order valence-corrected chi connectivity index (χ0v) is 9.80. The Morgan fingerprint density at radius 2 is 1.83 bits per heavy atom. The maximum atomic E-state index is 8.82. The van der Waals surface area contributed by atoms with E-state index in [0.717, 1.165) is 11.1 Å². The van der Waals surface area contributed by atoms with Crippen molar-refractivity contribution in [1.29, 1.82) is 5.26 Å². The average molecular weight is 241 g/mol. The lowest BCUT2D eigenvalue weighted by Crippen LogP contribution is -2.06. The predicted octanol–water partition coefficient (Wildman–Crippen LogP) is 3.94. The van der Waals surface area contributed by atoms with Crippen LogP contribution in [0.5, 0.6) is 0 Å². The van der Waals surface area contributed by atoms with Gasteiger partial charge in [0.25, 0.3) is 0 Å². The first-order chi connectivity index (χ1) is 8.71. The minimum Gasteiger partial charge on any atom is -0.198 e. The minimum absolute atomic E-state index is 0.174. The van der Waals surface area contributed by atoms with Gasteiger partial charge in [0.2, 0.25) is 0 Å². The molecule has 0 amide bonds. The van der Waals surface area contributed by atoms with Gasteiger partial charge in [-0.25, -0.2) is 0 Å². The first-order valence-electron chi connectivity index (χ1n) is 5.26. The molecule has 2 unspecified atom stereocenters. The molecule has 2 atom stereocenters. The molecule has 0 spiro atoms. The van der Waals surface area contributed by atoms with Gasteiger partial charge in [0, 0.05) is 9.82 Å². The molecule has 7 nitrogen and oxygen atoms in total. The van der Waals surface area contributed by atoms with Crippen LogP contribution in [0.15, 0.2) is 34.5 Å². The van der Waals surface area contributed by atoms with Crippen molar-refractivity contribution in [2.45, 2.75) is 25.4 Å². The van der Waals surface area contributed by atoms with Crippen molar-refractivity contribution in [1.82, 2.24) is 0 Å². The number of rotatable bonds is 5. The van der Waals surface area contributed by atoms with E-state index in [0.29, 0.717) is 0 Å². The van der Waals surface area contributed by atoms with E-state index in [2.05, 4.69) is 20.1 Å². The molecule has 18 heavy (non-hydrogen) atoms. The summed E-state index contributed by atoms with van der Waals surface area (Å²) in [4.78, 5) is 5.36. The lowest BCUT2D eigenvalue weighted by atomic mass is 10.00. The number of nitriles is 1. The van der Waals surface area contributed by atoms with Crippen LogP contribution >= 0.6 is 0 Å². The average Bonchev–Trinajstić information content (AvgIpc) is 2.38. The first kappa shape index (κ1) is 13.4. The molecule has 0 aromatic heterocycles. The fraction of sp³-hybridized carbons (Fsp3) is 0.364. The van der Waals surface area contributed by atoms with Crippen LogP contribution < -0.4 is 0 Å². The second-order valence-corrected chi connectivity index (χ2v) is 3.72. The summed E-state index contributed by atoms with van der Waals surface area (Å²) in [5.74, 6) is 0. The fourth-order valence-electron chi connectivity index (χ4n) is 1.50. The van der Waals surface area contributed by atoms with E-state index in [9.17, 15) is 0 Å². The molecule has 0 aliphatic rings. The lowest BCUT2D eigenvalue weighted by Gasteiger charge is -2.12. The van der Waals surface area contributed by atoms with Crippen LogP contribution in [0.3, 0.4) is 0 Å². The third-order valence-electron chi connectivity index (χ3n) is 2.44. The molecule has 1 rings (SSSR count). The topological polar surface area (TPSA) is 121 Å². The van der Waals surface area contributed by atoms with Crippen LogP contribution in [-0.2, 0) is 0 Å². The largest absolute Gasteiger partial charge is 0.198 e. The number of nitrogens with zero attached hydrogens (tertiary/aromatic N) is 7. The van der Waals surface area contributed by atoms with E-state index in [4.69, 9.17) is 16.3 Å². The highest BCUT2D eigenvalue weighted by Gasteiger charge is 2.15.